The van der Waals surface area contributed by atoms with E-state index in [9.17, 15) is 0 Å². The van der Waals surface area contributed by atoms with E-state index >= 15 is 0 Å². The summed E-state index contributed by atoms with van der Waals surface area (Å²) in [4.78, 5) is 2.22. The third-order valence-electron chi connectivity index (χ3n) is 2.92. The van der Waals surface area contributed by atoms with Gasteiger partial charge in [0.05, 0.1) is 11.9 Å². The van der Waals surface area contributed by atoms with Crippen molar-refractivity contribution in [2.75, 3.05) is 26.7 Å². The molecule has 5 heteroatoms. The van der Waals surface area contributed by atoms with Crippen molar-refractivity contribution < 1.29 is 0 Å². The average molecular weight is 251 g/mol. The van der Waals surface area contributed by atoms with Crippen LogP contribution in [0.15, 0.2) is 29.2 Å². The minimum absolute atomic E-state index is 0.552. The van der Waals surface area contributed by atoms with Crippen molar-refractivity contribution in [3.8, 4) is 0 Å². The summed E-state index contributed by atoms with van der Waals surface area (Å²) < 4.78 is 0. The Bertz CT molecular complexity index is 326. The van der Waals surface area contributed by atoms with Gasteiger partial charge in [0.2, 0.25) is 0 Å². The van der Waals surface area contributed by atoms with Crippen molar-refractivity contribution >= 4 is 6.21 Å². The molecule has 5 nitrogen and oxygen atoms in total. The van der Waals surface area contributed by atoms with Crippen LogP contribution in [0.3, 0.4) is 0 Å². The van der Waals surface area contributed by atoms with Gasteiger partial charge in [0, 0.05) is 31.4 Å². The maximum absolute atomic E-state index is 5.25. The Hall–Kier alpha value is -1.49. The second kappa shape index (κ2) is 7.06. The van der Waals surface area contributed by atoms with Gasteiger partial charge in [0.25, 0.3) is 0 Å². The van der Waals surface area contributed by atoms with Gasteiger partial charge in [-0.1, -0.05) is 20.4 Å². The lowest BCUT2D eigenvalue weighted by atomic mass is 10.1. The highest BCUT2D eigenvalue weighted by molar-refractivity contribution is 5.78. The molecule has 0 aliphatic carbocycles. The number of nitrogens with zero attached hydrogens (tertiary/aromatic N) is 2. The summed E-state index contributed by atoms with van der Waals surface area (Å²) in [6.07, 6.45) is 3.67. The maximum Gasteiger partial charge on any atom is 0.0700 e. The molecular weight excluding hydrogens is 226 g/mol. The normalized spacial score (nSPS) is 17.3. The monoisotopic (exact) mass is 251 g/mol. The smallest absolute Gasteiger partial charge is 0.0700 e. The molecule has 1 fully saturated rings. The van der Waals surface area contributed by atoms with E-state index in [1.165, 1.54) is 0 Å². The standard InChI is InChI=1S/C13H25N5/c1-10(2)6-16-11(3)5-13(7-17-14)18-8-12(9-18)15-4/h5,7,10,12,15-16H,3,6,8-9,14H2,1-2,4H3/b13-5+,17-7-. The first kappa shape index (κ1) is 14.6. The number of likely N-dealkylation sites (tertiary alicyclic amines) is 1. The van der Waals surface area contributed by atoms with Gasteiger partial charge in [-0.3, -0.25) is 0 Å². The van der Waals surface area contributed by atoms with Gasteiger partial charge in [0.15, 0.2) is 0 Å². The van der Waals surface area contributed by atoms with Gasteiger partial charge in [0.1, 0.15) is 0 Å². The van der Waals surface area contributed by atoms with Crippen LogP contribution in [0, 0.1) is 5.92 Å². The van der Waals surface area contributed by atoms with Crippen molar-refractivity contribution in [2.45, 2.75) is 19.9 Å². The van der Waals surface area contributed by atoms with E-state index in [1.807, 2.05) is 13.1 Å². The predicted molar refractivity (Wildman–Crippen MR) is 77.2 cm³/mol. The first-order chi connectivity index (χ1) is 8.56. The van der Waals surface area contributed by atoms with Crippen LogP contribution in [0.1, 0.15) is 13.8 Å². The van der Waals surface area contributed by atoms with E-state index < -0.39 is 0 Å². The molecule has 1 rings (SSSR count). The van der Waals surface area contributed by atoms with E-state index in [4.69, 9.17) is 5.84 Å². The molecule has 0 spiro atoms. The Balaban J connectivity index is 2.53. The van der Waals surface area contributed by atoms with Gasteiger partial charge in [-0.05, 0) is 19.0 Å². The summed E-state index contributed by atoms with van der Waals surface area (Å²) in [5.74, 6) is 5.84. The molecule has 102 valence electrons. The largest absolute Gasteiger partial charge is 0.385 e. The zero-order valence-corrected chi connectivity index (χ0v) is 11.6. The summed E-state index contributed by atoms with van der Waals surface area (Å²) >= 11 is 0. The Morgan fingerprint density at radius 3 is 2.72 bits per heavy atom. The highest BCUT2D eigenvalue weighted by atomic mass is 15.3. The fourth-order valence-electron chi connectivity index (χ4n) is 1.72. The average Bonchev–Trinajstić information content (AvgIpc) is 2.25. The van der Waals surface area contributed by atoms with Crippen molar-refractivity contribution in [3.05, 3.63) is 24.0 Å². The molecule has 1 aliphatic rings. The quantitative estimate of drug-likeness (QED) is 0.266. The van der Waals surface area contributed by atoms with Crippen molar-refractivity contribution in [1.29, 1.82) is 0 Å². The van der Waals surface area contributed by atoms with Gasteiger partial charge in [-0.15, -0.1) is 0 Å². The zero-order chi connectivity index (χ0) is 13.5. The topological polar surface area (TPSA) is 65.7 Å². The van der Waals surface area contributed by atoms with Crippen LogP contribution in [-0.2, 0) is 0 Å². The SMILES string of the molecule is C=C(/C=C(\C=N/N)N1CC(NC)C1)NCC(C)C. The molecule has 0 unspecified atom stereocenters. The van der Waals surface area contributed by atoms with Gasteiger partial charge in [-0.25, -0.2) is 0 Å². The summed E-state index contributed by atoms with van der Waals surface area (Å²) in [6.45, 7) is 11.2. The molecule has 1 aliphatic heterocycles. The van der Waals surface area contributed by atoms with Crippen LogP contribution in [-0.4, -0.2) is 43.8 Å². The van der Waals surface area contributed by atoms with Gasteiger partial charge < -0.3 is 21.4 Å². The summed E-state index contributed by atoms with van der Waals surface area (Å²) in [6, 6.07) is 0.552. The first-order valence-electron chi connectivity index (χ1n) is 6.36. The Morgan fingerprint density at radius 2 is 2.22 bits per heavy atom. The molecular formula is C13H25N5. The van der Waals surface area contributed by atoms with Crippen molar-refractivity contribution in [1.82, 2.24) is 15.5 Å². The lowest BCUT2D eigenvalue weighted by Crippen LogP contribution is -2.56. The van der Waals surface area contributed by atoms with E-state index in [2.05, 4.69) is 41.1 Å². The molecule has 0 amide bonds. The Morgan fingerprint density at radius 1 is 1.56 bits per heavy atom. The second-order valence-electron chi connectivity index (χ2n) is 5.04. The zero-order valence-electron chi connectivity index (χ0n) is 11.6. The van der Waals surface area contributed by atoms with E-state index in [-0.39, 0.29) is 0 Å². The molecule has 0 aromatic carbocycles. The van der Waals surface area contributed by atoms with Crippen LogP contribution >= 0.6 is 0 Å². The molecule has 0 saturated carbocycles. The number of hydrogen-bond donors (Lipinski definition) is 3. The van der Waals surface area contributed by atoms with Gasteiger partial charge >= 0.3 is 0 Å². The minimum atomic E-state index is 0.552. The van der Waals surface area contributed by atoms with Crippen LogP contribution < -0.4 is 16.5 Å². The van der Waals surface area contributed by atoms with E-state index in [0.29, 0.717) is 12.0 Å². The number of likely N-dealkylation sites (N-methyl/N-ethyl adjacent to an activating group) is 1. The summed E-state index contributed by atoms with van der Waals surface area (Å²) in [5.41, 5.74) is 1.90. The third-order valence-corrected chi connectivity index (χ3v) is 2.92. The first-order valence-corrected chi connectivity index (χ1v) is 6.36. The Kier molecular flexibility index (Phi) is 5.71. The number of nitrogens with two attached hydrogens (primary N) is 1. The van der Waals surface area contributed by atoms with Crippen LogP contribution in [0.4, 0.5) is 0 Å². The fraction of sp³-hybridized carbons (Fsp3) is 0.615. The summed E-state index contributed by atoms with van der Waals surface area (Å²) in [5, 5.41) is 10.1. The predicted octanol–water partition coefficient (Wildman–Crippen LogP) is 0.478. The molecule has 0 radical (unpaired) electrons. The molecule has 1 saturated heterocycles. The lowest BCUT2D eigenvalue weighted by molar-refractivity contribution is 0.187. The number of allylic oxidation sites excluding steroid dienone is 2. The van der Waals surface area contributed by atoms with Crippen LogP contribution in [0.2, 0.25) is 0 Å². The number of nitrogens with one attached hydrogen (secondary N) is 2. The van der Waals surface area contributed by atoms with Crippen LogP contribution in [0.5, 0.6) is 0 Å². The second-order valence-corrected chi connectivity index (χ2v) is 5.04. The molecule has 0 aromatic heterocycles. The van der Waals surface area contributed by atoms with E-state index in [1.54, 1.807) is 6.21 Å². The fourth-order valence-corrected chi connectivity index (χ4v) is 1.72. The van der Waals surface area contributed by atoms with Gasteiger partial charge in [-0.2, -0.15) is 5.10 Å². The number of rotatable bonds is 7. The van der Waals surface area contributed by atoms with Crippen molar-refractivity contribution in [2.24, 2.45) is 16.9 Å². The molecule has 0 aromatic rings. The molecule has 1 heterocycles. The molecule has 4 N–H and O–H groups in total. The van der Waals surface area contributed by atoms with Crippen molar-refractivity contribution in [3.63, 3.8) is 0 Å². The highest BCUT2D eigenvalue weighted by Crippen LogP contribution is 2.14. The molecule has 0 atom stereocenters. The van der Waals surface area contributed by atoms with Crippen LogP contribution in [0.25, 0.3) is 0 Å². The molecule has 18 heavy (non-hydrogen) atoms. The maximum atomic E-state index is 5.25. The number of hydrogen-bond acceptors (Lipinski definition) is 5. The summed E-state index contributed by atoms with van der Waals surface area (Å²) in [7, 11) is 1.98. The number of hydrazone groups is 1. The third kappa shape index (κ3) is 4.41. The highest BCUT2D eigenvalue weighted by Gasteiger charge is 2.26. The Labute approximate surface area is 110 Å². The molecule has 0 bridgehead atoms. The minimum Gasteiger partial charge on any atom is -0.385 e. The lowest BCUT2D eigenvalue weighted by Gasteiger charge is -2.41. The van der Waals surface area contributed by atoms with E-state index in [0.717, 1.165) is 31.0 Å².